The molecule has 0 aromatic rings. The Labute approximate surface area is 73.1 Å². The van der Waals surface area contributed by atoms with Crippen molar-refractivity contribution in [3.8, 4) is 0 Å². The Morgan fingerprint density at radius 1 is 1.33 bits per heavy atom. The van der Waals surface area contributed by atoms with E-state index in [9.17, 15) is 4.91 Å². The third-order valence-corrected chi connectivity index (χ3v) is 3.38. The van der Waals surface area contributed by atoms with Gasteiger partial charge >= 0.3 is 0 Å². The first-order valence-electron chi connectivity index (χ1n) is 4.82. The number of hydrogen-bond acceptors (Lipinski definition) is 3. The number of rotatable bonds is 1. The molecule has 0 N–H and O–H groups in total. The lowest BCUT2D eigenvalue weighted by Crippen LogP contribution is -2.29. The van der Waals surface area contributed by atoms with Crippen molar-refractivity contribution in [2.45, 2.75) is 25.3 Å². The average molecular weight is 168 g/mol. The lowest BCUT2D eigenvalue weighted by atomic mass is 9.78. The molecule has 2 aliphatic rings. The van der Waals surface area contributed by atoms with Crippen molar-refractivity contribution < 1.29 is 0 Å². The van der Waals surface area contributed by atoms with Crippen molar-refractivity contribution >= 4 is 0 Å². The fourth-order valence-electron chi connectivity index (χ4n) is 2.79. The molecule has 2 rings (SSSR count). The number of hydrogen-bond donors (Lipinski definition) is 0. The molecule has 1 saturated heterocycles. The van der Waals surface area contributed by atoms with Gasteiger partial charge in [0, 0.05) is 19.0 Å². The standard InChI is InChI=1S/C9H16N2O/c1-11-5-7-3-2-4-9(10-12)8(7)6-11/h7-9H,2-6H2,1H3. The number of nitrogens with zero attached hydrogens (tertiary/aromatic N) is 2. The van der Waals surface area contributed by atoms with Gasteiger partial charge in [-0.05, 0) is 25.8 Å². The summed E-state index contributed by atoms with van der Waals surface area (Å²) in [6, 6.07) is 0.119. The van der Waals surface area contributed by atoms with E-state index >= 15 is 0 Å². The summed E-state index contributed by atoms with van der Waals surface area (Å²) >= 11 is 0. The van der Waals surface area contributed by atoms with Crippen LogP contribution in [0.2, 0.25) is 0 Å². The molecule has 3 unspecified atom stereocenters. The first-order valence-corrected chi connectivity index (χ1v) is 4.82. The van der Waals surface area contributed by atoms with Crippen LogP contribution in [0.25, 0.3) is 0 Å². The molecule has 0 aromatic heterocycles. The van der Waals surface area contributed by atoms with Gasteiger partial charge in [-0.1, -0.05) is 11.6 Å². The summed E-state index contributed by atoms with van der Waals surface area (Å²) in [6.07, 6.45) is 3.53. The minimum atomic E-state index is 0.119. The van der Waals surface area contributed by atoms with Gasteiger partial charge in [-0.3, -0.25) is 0 Å². The van der Waals surface area contributed by atoms with Crippen LogP contribution in [0, 0.1) is 16.7 Å². The lowest BCUT2D eigenvalue weighted by molar-refractivity contribution is 0.260. The molecule has 1 aliphatic heterocycles. The molecule has 0 radical (unpaired) electrons. The Hall–Kier alpha value is -0.440. The van der Waals surface area contributed by atoms with Crippen LogP contribution in [0.4, 0.5) is 0 Å². The van der Waals surface area contributed by atoms with E-state index in [1.54, 1.807) is 0 Å². The van der Waals surface area contributed by atoms with Gasteiger partial charge in [0.1, 0.15) is 0 Å². The lowest BCUT2D eigenvalue weighted by Gasteiger charge is -2.27. The van der Waals surface area contributed by atoms with Crippen LogP contribution in [0.5, 0.6) is 0 Å². The second-order valence-electron chi connectivity index (χ2n) is 4.25. The summed E-state index contributed by atoms with van der Waals surface area (Å²) in [6.45, 7) is 2.26. The second-order valence-corrected chi connectivity index (χ2v) is 4.25. The summed E-state index contributed by atoms with van der Waals surface area (Å²) in [5, 5.41) is 3.25. The van der Waals surface area contributed by atoms with Crippen LogP contribution < -0.4 is 0 Å². The number of fused-ring (bicyclic) bond motifs is 1. The van der Waals surface area contributed by atoms with Gasteiger partial charge in [0.15, 0.2) is 0 Å². The minimum Gasteiger partial charge on any atom is -0.306 e. The third kappa shape index (κ3) is 1.26. The van der Waals surface area contributed by atoms with Gasteiger partial charge in [-0.2, -0.15) is 4.91 Å². The Morgan fingerprint density at radius 2 is 2.17 bits per heavy atom. The smallest absolute Gasteiger partial charge is 0.0963 e. The van der Waals surface area contributed by atoms with Crippen molar-refractivity contribution in [1.29, 1.82) is 0 Å². The maximum Gasteiger partial charge on any atom is 0.0963 e. The van der Waals surface area contributed by atoms with Crippen molar-refractivity contribution in [2.75, 3.05) is 20.1 Å². The van der Waals surface area contributed by atoms with E-state index in [1.807, 2.05) is 0 Å². The summed E-state index contributed by atoms with van der Waals surface area (Å²) in [7, 11) is 2.14. The molecule has 1 aliphatic carbocycles. The predicted octanol–water partition coefficient (Wildman–Crippen LogP) is 1.48. The first kappa shape index (κ1) is 8.17. The third-order valence-electron chi connectivity index (χ3n) is 3.38. The van der Waals surface area contributed by atoms with Crippen molar-refractivity contribution in [3.05, 3.63) is 4.91 Å². The van der Waals surface area contributed by atoms with Gasteiger partial charge in [-0.15, -0.1) is 0 Å². The highest BCUT2D eigenvalue weighted by atomic mass is 16.3. The molecule has 68 valence electrons. The monoisotopic (exact) mass is 168 g/mol. The van der Waals surface area contributed by atoms with Gasteiger partial charge in [0.05, 0.1) is 6.04 Å². The highest BCUT2D eigenvalue weighted by molar-refractivity contribution is 4.93. The molecule has 3 atom stereocenters. The van der Waals surface area contributed by atoms with Crippen molar-refractivity contribution in [2.24, 2.45) is 17.0 Å². The van der Waals surface area contributed by atoms with Crippen molar-refractivity contribution in [1.82, 2.24) is 4.90 Å². The first-order chi connectivity index (χ1) is 5.81. The maximum absolute atomic E-state index is 10.5. The Bertz CT molecular complexity index is 183. The summed E-state index contributed by atoms with van der Waals surface area (Å²) in [5.74, 6) is 1.33. The fraction of sp³-hybridized carbons (Fsp3) is 1.00. The fourth-order valence-corrected chi connectivity index (χ4v) is 2.79. The van der Waals surface area contributed by atoms with Crippen LogP contribution in [0.3, 0.4) is 0 Å². The average Bonchev–Trinajstić information content (AvgIpc) is 2.44. The van der Waals surface area contributed by atoms with Crippen LogP contribution in [-0.2, 0) is 0 Å². The van der Waals surface area contributed by atoms with Gasteiger partial charge in [0.2, 0.25) is 0 Å². The summed E-state index contributed by atoms with van der Waals surface area (Å²) in [5.41, 5.74) is 0. The topological polar surface area (TPSA) is 32.7 Å². The van der Waals surface area contributed by atoms with Gasteiger partial charge < -0.3 is 4.90 Å². The van der Waals surface area contributed by atoms with E-state index in [4.69, 9.17) is 0 Å². The predicted molar refractivity (Wildman–Crippen MR) is 47.9 cm³/mol. The SMILES string of the molecule is CN1CC2CCCC(N=O)C2C1. The van der Waals surface area contributed by atoms with Crippen LogP contribution in [0.1, 0.15) is 19.3 Å². The van der Waals surface area contributed by atoms with Gasteiger partial charge in [0.25, 0.3) is 0 Å². The van der Waals surface area contributed by atoms with E-state index < -0.39 is 0 Å². The molecule has 2 fully saturated rings. The minimum absolute atomic E-state index is 0.119. The van der Waals surface area contributed by atoms with E-state index in [0.717, 1.165) is 18.9 Å². The Morgan fingerprint density at radius 3 is 2.92 bits per heavy atom. The summed E-state index contributed by atoms with van der Waals surface area (Å²) < 4.78 is 0. The van der Waals surface area contributed by atoms with Crippen molar-refractivity contribution in [3.63, 3.8) is 0 Å². The zero-order valence-electron chi connectivity index (χ0n) is 7.57. The highest BCUT2D eigenvalue weighted by Gasteiger charge is 2.39. The second kappa shape index (κ2) is 3.13. The number of likely N-dealkylation sites (tertiary alicyclic amines) is 1. The normalized spacial score (nSPS) is 42.6. The molecule has 0 aromatic carbocycles. The van der Waals surface area contributed by atoms with E-state index in [2.05, 4.69) is 17.1 Å². The molecule has 3 heteroatoms. The molecule has 1 saturated carbocycles. The Balaban J connectivity index is 2.07. The van der Waals surface area contributed by atoms with Crippen LogP contribution >= 0.6 is 0 Å². The molecule has 3 nitrogen and oxygen atoms in total. The summed E-state index contributed by atoms with van der Waals surface area (Å²) in [4.78, 5) is 12.9. The Kier molecular flexibility index (Phi) is 2.13. The van der Waals surface area contributed by atoms with Gasteiger partial charge in [-0.25, -0.2) is 0 Å². The number of nitroso groups, excluding NO2 is 1. The van der Waals surface area contributed by atoms with E-state index in [0.29, 0.717) is 5.92 Å². The maximum atomic E-state index is 10.5. The largest absolute Gasteiger partial charge is 0.306 e. The molecule has 0 spiro atoms. The molecule has 0 bridgehead atoms. The molecule has 0 amide bonds. The quantitative estimate of drug-likeness (QED) is 0.555. The highest BCUT2D eigenvalue weighted by Crippen LogP contribution is 2.37. The zero-order valence-corrected chi connectivity index (χ0v) is 7.57. The molecular weight excluding hydrogens is 152 g/mol. The molecule has 1 heterocycles. The van der Waals surface area contributed by atoms with E-state index in [-0.39, 0.29) is 6.04 Å². The van der Waals surface area contributed by atoms with E-state index in [1.165, 1.54) is 19.4 Å². The van der Waals surface area contributed by atoms with Crippen LogP contribution in [-0.4, -0.2) is 31.1 Å². The molecular formula is C9H16N2O. The molecule has 12 heavy (non-hydrogen) atoms. The zero-order chi connectivity index (χ0) is 8.55. The van der Waals surface area contributed by atoms with Crippen LogP contribution in [0.15, 0.2) is 5.18 Å².